The first kappa shape index (κ1) is 19.3. The summed E-state index contributed by atoms with van der Waals surface area (Å²) in [4.78, 5) is 21.2. The van der Waals surface area contributed by atoms with Gasteiger partial charge >= 0.3 is 0 Å². The van der Waals surface area contributed by atoms with Gasteiger partial charge in [0.2, 0.25) is 0 Å². The minimum Gasteiger partial charge on any atom is -0.366 e. The summed E-state index contributed by atoms with van der Waals surface area (Å²) in [5.74, 6) is 0.411. The molecule has 140 valence electrons. The Kier molecular flexibility index (Phi) is 5.15. The van der Waals surface area contributed by atoms with Crippen molar-refractivity contribution in [2.24, 2.45) is 4.99 Å². The number of fused-ring (bicyclic) bond motifs is 1. The van der Waals surface area contributed by atoms with Crippen LogP contribution in [0.25, 0.3) is 6.08 Å². The first-order chi connectivity index (χ1) is 12.2. The summed E-state index contributed by atoms with van der Waals surface area (Å²) in [6, 6.07) is 4.22. The van der Waals surface area contributed by atoms with E-state index in [9.17, 15) is 4.79 Å². The number of anilines is 1. The number of thioether (sulfide) groups is 1. The molecule has 1 aromatic rings. The second-order valence-electron chi connectivity index (χ2n) is 7.58. The van der Waals surface area contributed by atoms with Crippen LogP contribution in [0.4, 0.5) is 5.69 Å². The maximum absolute atomic E-state index is 12.4. The zero-order valence-corrected chi connectivity index (χ0v) is 17.8. The van der Waals surface area contributed by atoms with Gasteiger partial charge in [-0.1, -0.05) is 18.5 Å². The predicted molar refractivity (Wildman–Crippen MR) is 113 cm³/mol. The minimum absolute atomic E-state index is 0.0336. The number of carbonyl (C=O) groups excluding carboxylic acids is 1. The van der Waals surface area contributed by atoms with E-state index >= 15 is 0 Å². The van der Waals surface area contributed by atoms with Crippen molar-refractivity contribution in [3.05, 3.63) is 33.2 Å². The van der Waals surface area contributed by atoms with E-state index in [2.05, 4.69) is 49.7 Å². The number of carbonyl (C=O) groups is 1. The van der Waals surface area contributed by atoms with Crippen LogP contribution in [0.15, 0.2) is 22.0 Å². The molecule has 1 atom stereocenters. The van der Waals surface area contributed by atoms with Crippen LogP contribution in [0.5, 0.6) is 0 Å². The lowest BCUT2D eigenvalue weighted by Gasteiger charge is -2.47. The fourth-order valence-corrected chi connectivity index (χ4v) is 5.25. The molecule has 1 amide bonds. The Labute approximate surface area is 165 Å². The van der Waals surface area contributed by atoms with Crippen LogP contribution in [0, 0.1) is 0 Å². The molecule has 4 nitrogen and oxygen atoms in total. The molecule has 0 radical (unpaired) electrons. The Morgan fingerprint density at radius 2 is 2.12 bits per heavy atom. The highest BCUT2D eigenvalue weighted by Crippen LogP contribution is 2.45. The molecule has 1 unspecified atom stereocenters. The molecular formula is C20H26ClN3OS. The van der Waals surface area contributed by atoms with Crippen molar-refractivity contribution in [3.8, 4) is 0 Å². The van der Waals surface area contributed by atoms with Crippen molar-refractivity contribution in [2.75, 3.05) is 25.5 Å². The van der Waals surface area contributed by atoms with E-state index in [0.717, 1.165) is 18.5 Å². The van der Waals surface area contributed by atoms with Crippen LogP contribution in [0.3, 0.4) is 0 Å². The van der Waals surface area contributed by atoms with Gasteiger partial charge in [0.1, 0.15) is 0 Å². The molecule has 2 aliphatic rings. The quantitative estimate of drug-likeness (QED) is 0.666. The number of amidine groups is 1. The molecule has 1 saturated heterocycles. The van der Waals surface area contributed by atoms with E-state index in [1.807, 2.05) is 6.08 Å². The monoisotopic (exact) mass is 391 g/mol. The molecule has 1 aromatic carbocycles. The molecule has 0 saturated carbocycles. The fraction of sp³-hybridized carbons (Fsp3) is 0.500. The summed E-state index contributed by atoms with van der Waals surface area (Å²) in [6.45, 7) is 9.97. The highest BCUT2D eigenvalue weighted by molar-refractivity contribution is 8.18. The van der Waals surface area contributed by atoms with Gasteiger partial charge in [-0.3, -0.25) is 14.7 Å². The van der Waals surface area contributed by atoms with Crippen molar-refractivity contribution in [2.45, 2.75) is 45.6 Å². The van der Waals surface area contributed by atoms with E-state index in [4.69, 9.17) is 11.6 Å². The first-order valence-electron chi connectivity index (χ1n) is 8.95. The van der Waals surface area contributed by atoms with E-state index in [0.29, 0.717) is 21.0 Å². The summed E-state index contributed by atoms with van der Waals surface area (Å²) < 4.78 is 0. The number of aliphatic imine (C=N–C) groups is 1. The standard InChI is InChI=1S/C20H26ClN3OS/c1-7-24-16-10-15(21)13(8-14(16)12(2)11-20(24,3)4)9-17-18(25)23(6)19(22-5)26-17/h8-10,12H,7,11H2,1-6H3/b17-9+,22-19?. The van der Waals surface area contributed by atoms with Gasteiger partial charge in [-0.25, -0.2) is 0 Å². The number of likely N-dealkylation sites (N-methyl/N-ethyl adjacent to an activating group) is 1. The largest absolute Gasteiger partial charge is 0.366 e. The average molecular weight is 392 g/mol. The highest BCUT2D eigenvalue weighted by Gasteiger charge is 2.36. The molecule has 0 N–H and O–H groups in total. The molecule has 2 aliphatic heterocycles. The number of amides is 1. The molecule has 2 heterocycles. The van der Waals surface area contributed by atoms with Crippen molar-refractivity contribution in [1.29, 1.82) is 0 Å². The maximum atomic E-state index is 12.4. The van der Waals surface area contributed by atoms with Gasteiger partial charge in [-0.05, 0) is 74.2 Å². The Balaban J connectivity index is 2.06. The van der Waals surface area contributed by atoms with Gasteiger partial charge in [0.25, 0.3) is 5.91 Å². The van der Waals surface area contributed by atoms with Gasteiger partial charge in [-0.15, -0.1) is 0 Å². The third-order valence-corrected chi connectivity index (χ3v) is 6.78. The van der Waals surface area contributed by atoms with Gasteiger partial charge < -0.3 is 4.90 Å². The number of hydrogen-bond acceptors (Lipinski definition) is 4. The lowest BCUT2D eigenvalue weighted by atomic mass is 9.79. The lowest BCUT2D eigenvalue weighted by molar-refractivity contribution is -0.121. The van der Waals surface area contributed by atoms with E-state index in [-0.39, 0.29) is 11.4 Å². The summed E-state index contributed by atoms with van der Waals surface area (Å²) in [7, 11) is 3.44. The number of hydrogen-bond donors (Lipinski definition) is 0. The Bertz CT molecular complexity index is 816. The highest BCUT2D eigenvalue weighted by atomic mass is 35.5. The smallest absolute Gasteiger partial charge is 0.266 e. The van der Waals surface area contributed by atoms with Crippen molar-refractivity contribution in [3.63, 3.8) is 0 Å². The summed E-state index contributed by atoms with van der Waals surface area (Å²) in [6.07, 6.45) is 2.99. The second-order valence-corrected chi connectivity index (χ2v) is 8.99. The van der Waals surface area contributed by atoms with Crippen LogP contribution >= 0.6 is 23.4 Å². The first-order valence-corrected chi connectivity index (χ1v) is 10.1. The summed E-state index contributed by atoms with van der Waals surface area (Å²) in [5, 5.41) is 1.39. The second kappa shape index (κ2) is 6.93. The van der Waals surface area contributed by atoms with Gasteiger partial charge in [0.15, 0.2) is 5.17 Å². The predicted octanol–water partition coefficient (Wildman–Crippen LogP) is 4.98. The topological polar surface area (TPSA) is 35.9 Å². The van der Waals surface area contributed by atoms with Crippen molar-refractivity contribution in [1.82, 2.24) is 4.90 Å². The number of rotatable bonds is 2. The Morgan fingerprint density at radius 1 is 1.42 bits per heavy atom. The van der Waals surface area contributed by atoms with E-state index in [1.165, 1.54) is 23.0 Å². The van der Waals surface area contributed by atoms with Gasteiger partial charge in [0.05, 0.1) is 4.91 Å². The van der Waals surface area contributed by atoms with E-state index in [1.54, 1.807) is 19.0 Å². The number of nitrogens with zero attached hydrogens (tertiary/aromatic N) is 3. The van der Waals surface area contributed by atoms with Crippen LogP contribution in [0.1, 0.15) is 51.2 Å². The molecule has 0 aliphatic carbocycles. The molecule has 26 heavy (non-hydrogen) atoms. The molecule has 1 fully saturated rings. The van der Waals surface area contributed by atoms with Crippen molar-refractivity contribution < 1.29 is 4.79 Å². The number of halogens is 1. The van der Waals surface area contributed by atoms with E-state index < -0.39 is 0 Å². The Morgan fingerprint density at radius 3 is 2.69 bits per heavy atom. The molecule has 3 rings (SSSR count). The molecule has 6 heteroatoms. The SMILES string of the molecule is CCN1c2cc(Cl)c(/C=C3/SC(=NC)N(C)C3=O)cc2C(C)CC1(C)C. The van der Waals surface area contributed by atoms with Crippen molar-refractivity contribution >= 4 is 46.2 Å². The van der Waals surface area contributed by atoms with Crippen LogP contribution in [-0.2, 0) is 4.79 Å². The third kappa shape index (κ3) is 3.16. The number of benzene rings is 1. The maximum Gasteiger partial charge on any atom is 0.266 e. The summed E-state index contributed by atoms with van der Waals surface area (Å²) in [5.41, 5.74) is 3.52. The lowest BCUT2D eigenvalue weighted by Crippen LogP contribution is -2.48. The van der Waals surface area contributed by atoms with Gasteiger partial charge in [0, 0.05) is 36.9 Å². The zero-order chi connectivity index (χ0) is 19.2. The summed E-state index contributed by atoms with van der Waals surface area (Å²) >= 11 is 8.01. The zero-order valence-electron chi connectivity index (χ0n) is 16.3. The molecular weight excluding hydrogens is 366 g/mol. The molecule has 0 spiro atoms. The Hall–Kier alpha value is -1.46. The van der Waals surface area contributed by atoms with Crippen LogP contribution in [-0.4, -0.2) is 42.2 Å². The van der Waals surface area contributed by atoms with Crippen LogP contribution in [0.2, 0.25) is 5.02 Å². The molecule has 0 aromatic heterocycles. The molecule has 0 bridgehead atoms. The average Bonchev–Trinajstić information content (AvgIpc) is 2.83. The van der Waals surface area contributed by atoms with Crippen LogP contribution < -0.4 is 4.90 Å². The fourth-order valence-electron chi connectivity index (χ4n) is 4.12. The normalized spacial score (nSPS) is 25.3. The van der Waals surface area contributed by atoms with Gasteiger partial charge in [-0.2, -0.15) is 0 Å². The third-order valence-electron chi connectivity index (χ3n) is 5.30. The minimum atomic E-state index is -0.0336.